The molecule has 0 saturated carbocycles. The number of carbonyl (C=O) groups is 3. The highest BCUT2D eigenvalue weighted by molar-refractivity contribution is 6.03. The molecule has 3 heterocycles. The van der Waals surface area contributed by atoms with E-state index in [0.29, 0.717) is 66.7 Å². The van der Waals surface area contributed by atoms with Crippen molar-refractivity contribution in [1.82, 2.24) is 14.5 Å². The van der Waals surface area contributed by atoms with Crippen molar-refractivity contribution in [2.75, 3.05) is 45.3 Å². The number of aromatic nitrogens is 2. The number of rotatable bonds is 12. The number of aliphatic hydroxyl groups is 1. The van der Waals surface area contributed by atoms with Crippen LogP contribution in [-0.4, -0.2) is 77.4 Å². The van der Waals surface area contributed by atoms with Crippen molar-refractivity contribution in [3.05, 3.63) is 83.7 Å². The molecule has 12 heteroatoms. The van der Waals surface area contributed by atoms with Gasteiger partial charge in [0.05, 0.1) is 31.9 Å². The van der Waals surface area contributed by atoms with Gasteiger partial charge in [-0.15, -0.1) is 0 Å². The van der Waals surface area contributed by atoms with Crippen molar-refractivity contribution < 1.29 is 33.7 Å². The number of benzene rings is 2. The normalized spacial score (nSPS) is 15.0. The standard InChI is InChI=1S/C32H35N5O7/c1-42-14-15-43-20-25-16-27-24(8-11-37(27)32(33)41)17-28(25)44-26-6-9-34-29(19-26)35-31(40)22-4-2-21(3-5-22)23-7-10-36(12-13-38)30(39)18-23/h2-6,8-9,11,16-17,19,23,38H,7,10,12-15,18,20H2,1H3,(H2,33,41)(H,34,35,40). The van der Waals surface area contributed by atoms with E-state index in [-0.39, 0.29) is 30.9 Å². The zero-order chi connectivity index (χ0) is 31.1. The third kappa shape index (κ3) is 7.22. The first kappa shape index (κ1) is 30.7. The Morgan fingerprint density at radius 1 is 1.11 bits per heavy atom. The molecule has 2 aromatic heterocycles. The summed E-state index contributed by atoms with van der Waals surface area (Å²) in [5.41, 5.74) is 8.28. The zero-order valence-corrected chi connectivity index (χ0v) is 24.4. The fourth-order valence-electron chi connectivity index (χ4n) is 5.21. The van der Waals surface area contributed by atoms with Gasteiger partial charge in [-0.3, -0.25) is 14.2 Å². The summed E-state index contributed by atoms with van der Waals surface area (Å²) in [4.78, 5) is 43.2. The zero-order valence-electron chi connectivity index (χ0n) is 24.4. The second-order valence-corrected chi connectivity index (χ2v) is 10.4. The van der Waals surface area contributed by atoms with Gasteiger partial charge >= 0.3 is 6.03 Å². The number of pyridine rings is 1. The topological polar surface area (TPSA) is 158 Å². The van der Waals surface area contributed by atoms with Crippen LogP contribution >= 0.6 is 0 Å². The van der Waals surface area contributed by atoms with E-state index in [0.717, 1.165) is 17.4 Å². The number of nitrogens with one attached hydrogen (secondary N) is 1. The summed E-state index contributed by atoms with van der Waals surface area (Å²) in [6.45, 7) is 1.93. The maximum atomic E-state index is 13.0. The van der Waals surface area contributed by atoms with Crippen molar-refractivity contribution in [3.63, 3.8) is 0 Å². The highest BCUT2D eigenvalue weighted by atomic mass is 16.5. The lowest BCUT2D eigenvalue weighted by Crippen LogP contribution is -2.39. The summed E-state index contributed by atoms with van der Waals surface area (Å²) in [6.07, 6.45) is 4.32. The number of nitrogens with two attached hydrogens (primary N) is 1. The third-order valence-electron chi connectivity index (χ3n) is 7.54. The number of hydrogen-bond donors (Lipinski definition) is 3. The molecule has 44 heavy (non-hydrogen) atoms. The maximum absolute atomic E-state index is 13.0. The Morgan fingerprint density at radius 2 is 1.93 bits per heavy atom. The average Bonchev–Trinajstić information content (AvgIpc) is 3.44. The summed E-state index contributed by atoms with van der Waals surface area (Å²) >= 11 is 0. The van der Waals surface area contributed by atoms with Gasteiger partial charge in [0.25, 0.3) is 5.91 Å². The van der Waals surface area contributed by atoms with Crippen molar-refractivity contribution in [2.24, 2.45) is 5.73 Å². The number of amides is 3. The molecule has 230 valence electrons. The maximum Gasteiger partial charge on any atom is 0.323 e. The molecule has 1 atom stereocenters. The second kappa shape index (κ2) is 14.1. The number of ether oxygens (including phenoxy) is 3. The van der Waals surface area contributed by atoms with Crippen LogP contribution in [0.4, 0.5) is 10.6 Å². The first-order valence-electron chi connectivity index (χ1n) is 14.3. The average molecular weight is 602 g/mol. The highest BCUT2D eigenvalue weighted by Gasteiger charge is 2.26. The van der Waals surface area contributed by atoms with Gasteiger partial charge in [0.15, 0.2) is 0 Å². The fraction of sp³-hybridized carbons (Fsp3) is 0.312. The molecule has 4 aromatic rings. The molecule has 2 aromatic carbocycles. The number of carbonyl (C=O) groups excluding carboxylic acids is 3. The van der Waals surface area contributed by atoms with E-state index in [1.54, 1.807) is 60.7 Å². The summed E-state index contributed by atoms with van der Waals surface area (Å²) in [5.74, 6) is 1.02. The van der Waals surface area contributed by atoms with Gasteiger partial charge in [0.2, 0.25) is 5.91 Å². The number of piperidine rings is 1. The first-order valence-corrected chi connectivity index (χ1v) is 14.3. The quantitative estimate of drug-likeness (QED) is 0.207. The van der Waals surface area contributed by atoms with Crippen LogP contribution in [0.2, 0.25) is 0 Å². The Hall–Kier alpha value is -4.78. The lowest BCUT2D eigenvalue weighted by atomic mass is 9.88. The highest BCUT2D eigenvalue weighted by Crippen LogP contribution is 2.32. The van der Waals surface area contributed by atoms with Crippen LogP contribution in [0, 0.1) is 0 Å². The molecular weight excluding hydrogens is 566 g/mol. The van der Waals surface area contributed by atoms with Crippen molar-refractivity contribution >= 4 is 34.6 Å². The number of primary amides is 1. The fourth-order valence-corrected chi connectivity index (χ4v) is 5.21. The molecule has 1 saturated heterocycles. The van der Waals surface area contributed by atoms with Crippen LogP contribution in [0.1, 0.15) is 40.2 Å². The van der Waals surface area contributed by atoms with Crippen molar-refractivity contribution in [2.45, 2.75) is 25.4 Å². The van der Waals surface area contributed by atoms with Gasteiger partial charge in [0, 0.05) is 61.6 Å². The number of hydrogen-bond acceptors (Lipinski definition) is 8. The number of methoxy groups -OCH3 is 1. The predicted molar refractivity (Wildman–Crippen MR) is 163 cm³/mol. The SMILES string of the molecule is COCCOCc1cc2c(ccn2C(N)=O)cc1Oc1ccnc(NC(=O)c2ccc(C3CCN(CCO)C(=O)C3)cc2)c1. The van der Waals surface area contributed by atoms with E-state index < -0.39 is 6.03 Å². The smallest absolute Gasteiger partial charge is 0.323 e. The van der Waals surface area contributed by atoms with Gasteiger partial charge in [-0.1, -0.05) is 12.1 Å². The van der Waals surface area contributed by atoms with Crippen LogP contribution in [0.25, 0.3) is 10.9 Å². The first-order chi connectivity index (χ1) is 21.4. The van der Waals surface area contributed by atoms with Crippen molar-refractivity contribution in [1.29, 1.82) is 0 Å². The molecule has 4 N–H and O–H groups in total. The molecule has 0 radical (unpaired) electrons. The van der Waals surface area contributed by atoms with Crippen LogP contribution in [0.5, 0.6) is 11.5 Å². The van der Waals surface area contributed by atoms with Crippen LogP contribution in [-0.2, 0) is 20.9 Å². The van der Waals surface area contributed by atoms with E-state index in [4.69, 9.17) is 25.1 Å². The minimum absolute atomic E-state index is 0.0278. The Morgan fingerprint density at radius 3 is 2.66 bits per heavy atom. The molecule has 3 amide bonds. The summed E-state index contributed by atoms with van der Waals surface area (Å²) in [7, 11) is 1.59. The predicted octanol–water partition coefficient (Wildman–Crippen LogP) is 3.87. The Kier molecular flexibility index (Phi) is 9.85. The molecule has 0 aliphatic carbocycles. The summed E-state index contributed by atoms with van der Waals surface area (Å²) in [6, 6.07) is 15.3. The molecule has 1 fully saturated rings. The Bertz CT molecular complexity index is 1640. The van der Waals surface area contributed by atoms with Crippen molar-refractivity contribution in [3.8, 4) is 11.5 Å². The van der Waals surface area contributed by atoms with Gasteiger partial charge in [-0.25, -0.2) is 9.78 Å². The largest absolute Gasteiger partial charge is 0.457 e. The number of anilines is 1. The van der Waals surface area contributed by atoms with Gasteiger partial charge in [-0.05, 0) is 54.3 Å². The molecule has 0 bridgehead atoms. The summed E-state index contributed by atoms with van der Waals surface area (Å²) in [5, 5.41) is 12.7. The van der Waals surface area contributed by atoms with E-state index in [1.165, 1.54) is 10.8 Å². The van der Waals surface area contributed by atoms with E-state index in [9.17, 15) is 14.4 Å². The third-order valence-corrected chi connectivity index (χ3v) is 7.54. The number of fused-ring (bicyclic) bond motifs is 1. The molecule has 1 unspecified atom stereocenters. The molecule has 1 aliphatic rings. The second-order valence-electron chi connectivity index (χ2n) is 10.4. The lowest BCUT2D eigenvalue weighted by Gasteiger charge is -2.31. The van der Waals surface area contributed by atoms with Crippen LogP contribution < -0.4 is 15.8 Å². The molecule has 1 aliphatic heterocycles. The van der Waals surface area contributed by atoms with E-state index in [1.807, 2.05) is 12.1 Å². The number of aliphatic hydroxyl groups excluding tert-OH is 1. The molecular formula is C32H35N5O7. The molecule has 0 spiro atoms. The summed E-state index contributed by atoms with van der Waals surface area (Å²) < 4.78 is 18.4. The minimum atomic E-state index is -0.598. The number of β-amino-alcohol motifs (C(OH)–C–C–N with tert-alkyl or cyclic N) is 1. The monoisotopic (exact) mass is 601 g/mol. The van der Waals surface area contributed by atoms with E-state index >= 15 is 0 Å². The molecule has 5 rings (SSSR count). The number of nitrogens with zero attached hydrogens (tertiary/aromatic N) is 3. The van der Waals surface area contributed by atoms with Crippen LogP contribution in [0.3, 0.4) is 0 Å². The van der Waals surface area contributed by atoms with Gasteiger partial charge in [0.1, 0.15) is 17.3 Å². The lowest BCUT2D eigenvalue weighted by molar-refractivity contribution is -0.134. The number of likely N-dealkylation sites (tertiary alicyclic amines) is 1. The Labute approximate surface area is 254 Å². The van der Waals surface area contributed by atoms with E-state index in [2.05, 4.69) is 10.3 Å². The Balaban J connectivity index is 1.27. The van der Waals surface area contributed by atoms with Gasteiger partial charge in [-0.2, -0.15) is 0 Å². The van der Waals surface area contributed by atoms with Gasteiger partial charge < -0.3 is 35.3 Å². The minimum Gasteiger partial charge on any atom is -0.457 e. The van der Waals surface area contributed by atoms with Crippen LogP contribution in [0.15, 0.2) is 67.0 Å². The molecule has 12 nitrogen and oxygen atoms in total.